The minimum Gasteiger partial charge on any atom is -0.371 e. The van der Waals surface area contributed by atoms with Crippen molar-refractivity contribution in [3.05, 3.63) is 33.8 Å². The number of halogens is 1. The molecule has 0 bridgehead atoms. The topological polar surface area (TPSA) is 21.3 Å². The molecule has 3 rings (SSSR count). The molecule has 2 unspecified atom stereocenters. The summed E-state index contributed by atoms with van der Waals surface area (Å²) in [6.07, 6.45) is 0.386. The van der Waals surface area contributed by atoms with Crippen LogP contribution in [0.2, 0.25) is 0 Å². The van der Waals surface area contributed by atoms with Gasteiger partial charge in [0, 0.05) is 23.5 Å². The van der Waals surface area contributed by atoms with Gasteiger partial charge in [-0.3, -0.25) is 0 Å². The lowest BCUT2D eigenvalue weighted by Gasteiger charge is -2.28. The van der Waals surface area contributed by atoms with E-state index in [4.69, 9.17) is 4.74 Å². The Bertz CT molecular complexity index is 366. The van der Waals surface area contributed by atoms with Crippen LogP contribution in [-0.4, -0.2) is 19.2 Å². The Kier molecular flexibility index (Phi) is 2.11. The van der Waals surface area contributed by atoms with Crippen LogP contribution >= 0.6 is 15.9 Å². The first kappa shape index (κ1) is 8.89. The summed E-state index contributed by atoms with van der Waals surface area (Å²) in [5.41, 5.74) is 2.79. The fraction of sp³-hybridized carbons (Fsp3) is 0.455. The van der Waals surface area contributed by atoms with E-state index in [2.05, 4.69) is 39.4 Å². The quantitative estimate of drug-likeness (QED) is 0.764. The zero-order valence-electron chi connectivity index (χ0n) is 7.79. The highest BCUT2D eigenvalue weighted by Crippen LogP contribution is 2.36. The summed E-state index contributed by atoms with van der Waals surface area (Å²) in [5, 5.41) is 3.38. The van der Waals surface area contributed by atoms with E-state index in [1.807, 2.05) is 0 Å². The fourth-order valence-corrected chi connectivity index (χ4v) is 2.90. The van der Waals surface area contributed by atoms with Crippen molar-refractivity contribution in [3.63, 3.8) is 0 Å². The van der Waals surface area contributed by atoms with Crippen LogP contribution in [0.1, 0.15) is 17.0 Å². The molecule has 74 valence electrons. The normalized spacial score (nSPS) is 29.8. The van der Waals surface area contributed by atoms with Crippen LogP contribution in [0.15, 0.2) is 22.7 Å². The molecule has 0 aliphatic carbocycles. The van der Waals surface area contributed by atoms with Crippen LogP contribution in [0.4, 0.5) is 0 Å². The number of ether oxygens (including phenoxy) is 1. The van der Waals surface area contributed by atoms with Gasteiger partial charge < -0.3 is 10.1 Å². The van der Waals surface area contributed by atoms with Gasteiger partial charge in [0.25, 0.3) is 0 Å². The fourth-order valence-electron chi connectivity index (χ4n) is 2.41. The number of benzene rings is 1. The van der Waals surface area contributed by atoms with Crippen LogP contribution < -0.4 is 5.32 Å². The van der Waals surface area contributed by atoms with Gasteiger partial charge in [-0.05, 0) is 17.2 Å². The third-order valence-electron chi connectivity index (χ3n) is 3.15. The van der Waals surface area contributed by atoms with Gasteiger partial charge in [0.2, 0.25) is 0 Å². The molecule has 2 aliphatic heterocycles. The number of fused-ring (bicyclic) bond motifs is 3. The molecular weight excluding hydrogens is 242 g/mol. The summed E-state index contributed by atoms with van der Waals surface area (Å²) in [5.74, 6) is 0.552. The average molecular weight is 254 g/mol. The third kappa shape index (κ3) is 1.23. The highest BCUT2D eigenvalue weighted by molar-refractivity contribution is 9.10. The highest BCUT2D eigenvalue weighted by Gasteiger charge is 2.34. The van der Waals surface area contributed by atoms with Crippen molar-refractivity contribution < 1.29 is 4.74 Å². The minimum atomic E-state index is 0.386. The first-order valence-corrected chi connectivity index (χ1v) is 5.75. The molecule has 2 aliphatic rings. The Morgan fingerprint density at radius 2 is 2.29 bits per heavy atom. The van der Waals surface area contributed by atoms with Gasteiger partial charge in [-0.2, -0.15) is 0 Å². The van der Waals surface area contributed by atoms with Gasteiger partial charge in [-0.1, -0.05) is 28.1 Å². The molecule has 1 aromatic carbocycles. The molecule has 1 N–H and O–H groups in total. The van der Waals surface area contributed by atoms with Crippen LogP contribution in [-0.2, 0) is 11.3 Å². The molecule has 0 spiro atoms. The Morgan fingerprint density at radius 3 is 3.21 bits per heavy atom. The van der Waals surface area contributed by atoms with Crippen molar-refractivity contribution in [2.75, 3.05) is 13.1 Å². The van der Waals surface area contributed by atoms with Gasteiger partial charge >= 0.3 is 0 Å². The van der Waals surface area contributed by atoms with Gasteiger partial charge in [0.05, 0.1) is 12.7 Å². The van der Waals surface area contributed by atoms with Crippen molar-refractivity contribution >= 4 is 15.9 Å². The molecule has 1 saturated heterocycles. The van der Waals surface area contributed by atoms with Crippen molar-refractivity contribution in [1.29, 1.82) is 0 Å². The first-order valence-electron chi connectivity index (χ1n) is 4.96. The lowest BCUT2D eigenvalue weighted by atomic mass is 9.90. The van der Waals surface area contributed by atoms with E-state index in [-0.39, 0.29) is 0 Å². The summed E-state index contributed by atoms with van der Waals surface area (Å²) >= 11 is 3.58. The van der Waals surface area contributed by atoms with E-state index in [1.165, 1.54) is 15.6 Å². The molecule has 2 heterocycles. The van der Waals surface area contributed by atoms with Crippen molar-refractivity contribution in [3.8, 4) is 0 Å². The van der Waals surface area contributed by atoms with Crippen LogP contribution in [0, 0.1) is 0 Å². The zero-order valence-corrected chi connectivity index (χ0v) is 9.38. The Balaban J connectivity index is 2.09. The lowest BCUT2D eigenvalue weighted by molar-refractivity contribution is 0.0295. The van der Waals surface area contributed by atoms with E-state index >= 15 is 0 Å². The molecule has 2 nitrogen and oxygen atoms in total. The predicted octanol–water partition coefficient (Wildman–Crippen LogP) is 2.03. The molecule has 1 aromatic rings. The molecule has 0 radical (unpaired) electrons. The lowest BCUT2D eigenvalue weighted by Crippen LogP contribution is -2.26. The summed E-state index contributed by atoms with van der Waals surface area (Å²) in [4.78, 5) is 0. The highest BCUT2D eigenvalue weighted by atomic mass is 79.9. The van der Waals surface area contributed by atoms with E-state index < -0.39 is 0 Å². The molecule has 0 amide bonds. The van der Waals surface area contributed by atoms with Crippen molar-refractivity contribution in [2.45, 2.75) is 18.6 Å². The SMILES string of the molecule is Brc1cccc2c1COC1CNCC21. The predicted molar refractivity (Wildman–Crippen MR) is 58.3 cm³/mol. The second kappa shape index (κ2) is 3.33. The van der Waals surface area contributed by atoms with E-state index in [0.717, 1.165) is 19.7 Å². The van der Waals surface area contributed by atoms with E-state index in [0.29, 0.717) is 12.0 Å². The summed E-state index contributed by atoms with van der Waals surface area (Å²) in [6, 6.07) is 6.43. The van der Waals surface area contributed by atoms with Gasteiger partial charge in [-0.25, -0.2) is 0 Å². The number of hydrogen-bond acceptors (Lipinski definition) is 2. The standard InChI is InChI=1S/C11H12BrNO/c12-10-3-1-2-7-8-4-13-5-11(8)14-6-9(7)10/h1-3,8,11,13H,4-6H2. The molecule has 0 aromatic heterocycles. The second-order valence-corrected chi connectivity index (χ2v) is 4.78. The number of nitrogens with one attached hydrogen (secondary N) is 1. The molecule has 14 heavy (non-hydrogen) atoms. The Hall–Kier alpha value is -0.380. The maximum Gasteiger partial charge on any atom is 0.0784 e. The van der Waals surface area contributed by atoms with Gasteiger partial charge in [0.15, 0.2) is 0 Å². The average Bonchev–Trinajstić information content (AvgIpc) is 2.66. The van der Waals surface area contributed by atoms with E-state index in [9.17, 15) is 0 Å². The maximum absolute atomic E-state index is 5.82. The maximum atomic E-state index is 5.82. The molecule has 3 heteroatoms. The smallest absolute Gasteiger partial charge is 0.0784 e. The van der Waals surface area contributed by atoms with E-state index in [1.54, 1.807) is 0 Å². The van der Waals surface area contributed by atoms with Gasteiger partial charge in [0.1, 0.15) is 0 Å². The molecular formula is C11H12BrNO. The third-order valence-corrected chi connectivity index (χ3v) is 3.90. The monoisotopic (exact) mass is 253 g/mol. The van der Waals surface area contributed by atoms with Crippen LogP contribution in [0.25, 0.3) is 0 Å². The second-order valence-electron chi connectivity index (χ2n) is 3.92. The minimum absolute atomic E-state index is 0.386. The van der Waals surface area contributed by atoms with Crippen molar-refractivity contribution in [2.24, 2.45) is 0 Å². The first-order chi connectivity index (χ1) is 6.86. The number of hydrogen-bond donors (Lipinski definition) is 1. The van der Waals surface area contributed by atoms with Crippen LogP contribution in [0.3, 0.4) is 0 Å². The van der Waals surface area contributed by atoms with Crippen molar-refractivity contribution in [1.82, 2.24) is 5.32 Å². The Morgan fingerprint density at radius 1 is 1.36 bits per heavy atom. The number of rotatable bonds is 0. The molecule has 0 saturated carbocycles. The summed E-state index contributed by atoms with van der Waals surface area (Å²) < 4.78 is 7.00. The molecule has 2 atom stereocenters. The zero-order chi connectivity index (χ0) is 9.54. The largest absolute Gasteiger partial charge is 0.371 e. The van der Waals surface area contributed by atoms with Gasteiger partial charge in [-0.15, -0.1) is 0 Å². The van der Waals surface area contributed by atoms with Crippen LogP contribution in [0.5, 0.6) is 0 Å². The molecule has 1 fully saturated rings. The Labute approximate surface area is 91.8 Å². The summed E-state index contributed by atoms with van der Waals surface area (Å²) in [7, 11) is 0. The summed E-state index contributed by atoms with van der Waals surface area (Å²) in [6.45, 7) is 2.80.